The monoisotopic (exact) mass is 291 g/mol. The van der Waals surface area contributed by atoms with Gasteiger partial charge in [-0.3, -0.25) is 20.0 Å². The first-order chi connectivity index (χ1) is 9.93. The molecule has 8 heteroatoms. The number of nitrogens with zero attached hydrogens (tertiary/aromatic N) is 2. The number of aromatic nitrogens is 2. The molecule has 1 atom stereocenters. The van der Waals surface area contributed by atoms with Crippen molar-refractivity contribution in [3.8, 4) is 0 Å². The highest BCUT2D eigenvalue weighted by Gasteiger charge is 2.49. The van der Waals surface area contributed by atoms with Crippen LogP contribution in [0.1, 0.15) is 34.6 Å². The number of H-pyrrole nitrogens is 1. The van der Waals surface area contributed by atoms with Gasteiger partial charge in [-0.05, 0) is 26.7 Å². The van der Waals surface area contributed by atoms with Gasteiger partial charge in [0.2, 0.25) is 0 Å². The van der Waals surface area contributed by atoms with Gasteiger partial charge >= 0.3 is 6.03 Å². The molecule has 1 aromatic rings. The van der Waals surface area contributed by atoms with Gasteiger partial charge in [0, 0.05) is 12.2 Å². The summed E-state index contributed by atoms with van der Waals surface area (Å²) in [6, 6.07) is -0.495. The van der Waals surface area contributed by atoms with Crippen LogP contribution in [-0.2, 0) is 4.79 Å². The van der Waals surface area contributed by atoms with E-state index in [1.165, 1.54) is 0 Å². The Labute approximate surface area is 121 Å². The zero-order chi connectivity index (χ0) is 15.2. The predicted molar refractivity (Wildman–Crippen MR) is 72.6 cm³/mol. The summed E-state index contributed by atoms with van der Waals surface area (Å²) < 4.78 is 0. The lowest BCUT2D eigenvalue weighted by molar-refractivity contribution is -0.125. The molecule has 21 heavy (non-hydrogen) atoms. The molecular formula is C13H17N5O3. The molecule has 112 valence electrons. The fourth-order valence-electron chi connectivity index (χ4n) is 3.07. The first kappa shape index (κ1) is 13.6. The maximum absolute atomic E-state index is 12.7. The Kier molecular flexibility index (Phi) is 2.96. The van der Waals surface area contributed by atoms with E-state index in [1.54, 1.807) is 18.7 Å². The molecule has 2 aliphatic heterocycles. The molecule has 0 radical (unpaired) electrons. The van der Waals surface area contributed by atoms with Crippen LogP contribution in [0, 0.1) is 13.8 Å². The Hall–Kier alpha value is -2.38. The summed E-state index contributed by atoms with van der Waals surface area (Å²) in [6.07, 6.45) is 1.20. The molecule has 1 unspecified atom stereocenters. The second-order valence-corrected chi connectivity index (χ2v) is 5.63. The van der Waals surface area contributed by atoms with Crippen molar-refractivity contribution >= 4 is 17.8 Å². The molecule has 0 aromatic carbocycles. The van der Waals surface area contributed by atoms with Crippen LogP contribution in [0.15, 0.2) is 0 Å². The fraction of sp³-hybridized carbons (Fsp3) is 0.538. The number of nitrogens with one attached hydrogen (secondary N) is 3. The number of piperidine rings is 1. The molecule has 0 saturated carbocycles. The highest BCUT2D eigenvalue weighted by molar-refractivity contribution is 6.07. The number of amides is 4. The van der Waals surface area contributed by atoms with Crippen LogP contribution in [-0.4, -0.2) is 51.6 Å². The fourth-order valence-corrected chi connectivity index (χ4v) is 3.07. The summed E-state index contributed by atoms with van der Waals surface area (Å²) >= 11 is 0. The van der Waals surface area contributed by atoms with Crippen molar-refractivity contribution in [1.29, 1.82) is 0 Å². The van der Waals surface area contributed by atoms with Gasteiger partial charge in [0.25, 0.3) is 11.8 Å². The number of likely N-dealkylation sites (tertiary alicyclic amines) is 1. The van der Waals surface area contributed by atoms with Crippen LogP contribution in [0.3, 0.4) is 0 Å². The van der Waals surface area contributed by atoms with Crippen molar-refractivity contribution in [2.45, 2.75) is 32.2 Å². The largest absolute Gasteiger partial charge is 0.336 e. The molecule has 3 N–H and O–H groups in total. The Morgan fingerprint density at radius 1 is 1.33 bits per heavy atom. The summed E-state index contributed by atoms with van der Waals surface area (Å²) in [5.41, 5.74) is 0.891. The summed E-state index contributed by atoms with van der Waals surface area (Å²) in [4.78, 5) is 37.6. The highest BCUT2D eigenvalue weighted by Crippen LogP contribution is 2.26. The van der Waals surface area contributed by atoms with E-state index in [4.69, 9.17) is 0 Å². The number of rotatable bonds is 1. The van der Waals surface area contributed by atoms with Crippen LogP contribution in [0.25, 0.3) is 0 Å². The van der Waals surface area contributed by atoms with Crippen molar-refractivity contribution in [3.05, 3.63) is 17.0 Å². The third-order valence-electron chi connectivity index (χ3n) is 4.14. The average Bonchev–Trinajstić information content (AvgIpc) is 2.89. The number of aryl methyl sites for hydroxylation is 2. The number of hydrogen-bond donors (Lipinski definition) is 3. The second kappa shape index (κ2) is 4.57. The average molecular weight is 291 g/mol. The summed E-state index contributed by atoms with van der Waals surface area (Å²) in [5, 5.41) is 11.7. The molecule has 2 fully saturated rings. The number of imide groups is 1. The number of carbonyl (C=O) groups is 3. The van der Waals surface area contributed by atoms with Gasteiger partial charge in [-0.2, -0.15) is 5.10 Å². The summed E-state index contributed by atoms with van der Waals surface area (Å²) in [6.45, 7) is 4.30. The Balaban J connectivity index is 1.86. The lowest BCUT2D eigenvalue weighted by Gasteiger charge is -2.38. The first-order valence-corrected chi connectivity index (χ1v) is 6.87. The van der Waals surface area contributed by atoms with E-state index >= 15 is 0 Å². The summed E-state index contributed by atoms with van der Waals surface area (Å²) in [7, 11) is 0. The zero-order valence-electron chi connectivity index (χ0n) is 11.9. The third kappa shape index (κ3) is 2.07. The maximum Gasteiger partial charge on any atom is 0.322 e. The number of aromatic amines is 1. The Morgan fingerprint density at radius 3 is 2.67 bits per heavy atom. The van der Waals surface area contributed by atoms with Crippen LogP contribution < -0.4 is 10.6 Å². The molecule has 3 rings (SSSR count). The van der Waals surface area contributed by atoms with E-state index < -0.39 is 11.6 Å². The first-order valence-electron chi connectivity index (χ1n) is 6.87. The minimum absolute atomic E-state index is 0.160. The molecule has 3 heterocycles. The van der Waals surface area contributed by atoms with Gasteiger partial charge in [0.15, 0.2) is 0 Å². The van der Waals surface area contributed by atoms with Crippen LogP contribution in [0.5, 0.6) is 0 Å². The van der Waals surface area contributed by atoms with Crippen LogP contribution in [0.4, 0.5) is 4.79 Å². The van der Waals surface area contributed by atoms with Crippen molar-refractivity contribution in [2.75, 3.05) is 13.1 Å². The Morgan fingerprint density at radius 2 is 2.10 bits per heavy atom. The van der Waals surface area contributed by atoms with E-state index in [-0.39, 0.29) is 18.4 Å². The molecule has 2 aliphatic rings. The van der Waals surface area contributed by atoms with Gasteiger partial charge in [-0.15, -0.1) is 0 Å². The van der Waals surface area contributed by atoms with Crippen LogP contribution >= 0.6 is 0 Å². The molecule has 1 aromatic heterocycles. The molecule has 1 spiro atoms. The second-order valence-electron chi connectivity index (χ2n) is 5.63. The van der Waals surface area contributed by atoms with Gasteiger partial charge in [-0.25, -0.2) is 4.79 Å². The van der Waals surface area contributed by atoms with Crippen molar-refractivity contribution in [1.82, 2.24) is 25.7 Å². The predicted octanol–water partition coefficient (Wildman–Crippen LogP) is -0.159. The van der Waals surface area contributed by atoms with Gasteiger partial charge < -0.3 is 10.2 Å². The van der Waals surface area contributed by atoms with Gasteiger partial charge in [0.1, 0.15) is 5.54 Å². The minimum Gasteiger partial charge on any atom is -0.336 e. The topological polar surface area (TPSA) is 107 Å². The lowest BCUT2D eigenvalue weighted by Crippen LogP contribution is -2.59. The molecule has 4 amide bonds. The molecule has 8 nitrogen and oxygen atoms in total. The molecular weight excluding hydrogens is 274 g/mol. The number of urea groups is 1. The SMILES string of the molecule is Cc1n[nH]c(C)c1C(=O)N1CCCC2(C1)NC(=O)NC2=O. The summed E-state index contributed by atoms with van der Waals surface area (Å²) in [5.74, 6) is -0.516. The van der Waals surface area contributed by atoms with Crippen molar-refractivity contribution in [2.24, 2.45) is 0 Å². The molecule has 0 bridgehead atoms. The van der Waals surface area contributed by atoms with Gasteiger partial charge in [0.05, 0.1) is 17.8 Å². The lowest BCUT2D eigenvalue weighted by atomic mass is 9.89. The smallest absolute Gasteiger partial charge is 0.322 e. The number of carbonyl (C=O) groups excluding carboxylic acids is 3. The van der Waals surface area contributed by atoms with Crippen molar-refractivity contribution in [3.63, 3.8) is 0 Å². The third-order valence-corrected chi connectivity index (χ3v) is 4.14. The standard InChI is InChI=1S/C13H17N5O3/c1-7-9(8(2)17-16-7)10(19)18-5-3-4-13(6-18)11(20)14-12(21)15-13/h3-6H2,1-2H3,(H,16,17)(H2,14,15,20,21). The normalized spacial score (nSPS) is 25.1. The molecule has 2 saturated heterocycles. The highest BCUT2D eigenvalue weighted by atomic mass is 16.2. The zero-order valence-corrected chi connectivity index (χ0v) is 11.9. The van der Waals surface area contributed by atoms with Gasteiger partial charge in [-0.1, -0.05) is 0 Å². The van der Waals surface area contributed by atoms with Crippen LogP contribution in [0.2, 0.25) is 0 Å². The van der Waals surface area contributed by atoms with E-state index in [1.807, 2.05) is 0 Å². The maximum atomic E-state index is 12.7. The van der Waals surface area contributed by atoms with Crippen molar-refractivity contribution < 1.29 is 14.4 Å². The minimum atomic E-state index is -0.990. The van der Waals surface area contributed by atoms with E-state index in [0.29, 0.717) is 36.3 Å². The van der Waals surface area contributed by atoms with E-state index in [2.05, 4.69) is 20.8 Å². The molecule has 0 aliphatic carbocycles. The van der Waals surface area contributed by atoms with E-state index in [9.17, 15) is 14.4 Å². The quantitative estimate of drug-likeness (QED) is 0.625. The number of hydrogen-bond acceptors (Lipinski definition) is 4. The Bertz CT molecular complexity index is 618. The van der Waals surface area contributed by atoms with E-state index in [0.717, 1.165) is 0 Å².